The lowest BCUT2D eigenvalue weighted by Gasteiger charge is -2.13. The van der Waals surface area contributed by atoms with Crippen LogP contribution in [0, 0.1) is 0 Å². The van der Waals surface area contributed by atoms with Gasteiger partial charge in [0.15, 0.2) is 18.1 Å². The molecule has 0 atom stereocenters. The van der Waals surface area contributed by atoms with Gasteiger partial charge in [0.05, 0.1) is 23.9 Å². The SMILES string of the molecule is CCCOc1ccc(C(=O)N/N=C/c2cc(Br)cc(Br)c2OCC(=O)Nc2ccc(Cl)cc2)cc1OCC. The summed E-state index contributed by atoms with van der Waals surface area (Å²) in [6.45, 7) is 4.60. The molecule has 0 saturated carbocycles. The Kier molecular flexibility index (Phi) is 11.4. The molecule has 3 aromatic carbocycles. The lowest BCUT2D eigenvalue weighted by Crippen LogP contribution is -2.21. The number of hydrazone groups is 1. The third-order valence-corrected chi connectivity index (χ3v) is 6.15. The number of carbonyl (C=O) groups is 2. The lowest BCUT2D eigenvalue weighted by molar-refractivity contribution is -0.118. The molecule has 8 nitrogen and oxygen atoms in total. The van der Waals surface area contributed by atoms with E-state index in [0.717, 1.165) is 10.9 Å². The first-order valence-corrected chi connectivity index (χ1v) is 13.7. The number of carbonyl (C=O) groups excluding carboxylic acids is 2. The highest BCUT2D eigenvalue weighted by Crippen LogP contribution is 2.32. The van der Waals surface area contributed by atoms with Crippen molar-refractivity contribution in [3.8, 4) is 17.2 Å². The molecule has 2 N–H and O–H groups in total. The molecule has 2 amide bonds. The van der Waals surface area contributed by atoms with Crippen molar-refractivity contribution in [3.05, 3.63) is 79.7 Å². The number of hydrogen-bond donors (Lipinski definition) is 2. The molecule has 0 aliphatic rings. The average molecular weight is 668 g/mol. The van der Waals surface area contributed by atoms with Gasteiger partial charge in [-0.15, -0.1) is 0 Å². The number of rotatable bonds is 12. The number of halogens is 3. The van der Waals surface area contributed by atoms with Crippen molar-refractivity contribution in [2.75, 3.05) is 25.1 Å². The van der Waals surface area contributed by atoms with Crippen molar-refractivity contribution < 1.29 is 23.8 Å². The van der Waals surface area contributed by atoms with E-state index in [4.69, 9.17) is 25.8 Å². The van der Waals surface area contributed by atoms with Crippen LogP contribution in [0.2, 0.25) is 5.02 Å². The predicted octanol–water partition coefficient (Wildman–Crippen LogP) is 6.83. The Balaban J connectivity index is 1.68. The molecule has 0 spiro atoms. The Labute approximate surface area is 242 Å². The van der Waals surface area contributed by atoms with Crippen molar-refractivity contribution in [2.45, 2.75) is 20.3 Å². The van der Waals surface area contributed by atoms with Gasteiger partial charge in [0.2, 0.25) is 0 Å². The van der Waals surface area contributed by atoms with E-state index < -0.39 is 5.91 Å². The minimum Gasteiger partial charge on any atom is -0.490 e. The highest BCUT2D eigenvalue weighted by molar-refractivity contribution is 9.11. The molecule has 11 heteroatoms. The van der Waals surface area contributed by atoms with Crippen molar-refractivity contribution in [2.24, 2.45) is 5.10 Å². The summed E-state index contributed by atoms with van der Waals surface area (Å²) in [5.41, 5.74) is 4.00. The van der Waals surface area contributed by atoms with Gasteiger partial charge >= 0.3 is 0 Å². The van der Waals surface area contributed by atoms with Crippen molar-refractivity contribution in [3.63, 3.8) is 0 Å². The van der Waals surface area contributed by atoms with Crippen LogP contribution in [0.1, 0.15) is 36.2 Å². The number of amides is 2. The van der Waals surface area contributed by atoms with Crippen LogP contribution >= 0.6 is 43.5 Å². The second-order valence-electron chi connectivity index (χ2n) is 7.79. The van der Waals surface area contributed by atoms with E-state index in [1.807, 2.05) is 13.8 Å². The molecule has 0 radical (unpaired) electrons. The van der Waals surface area contributed by atoms with Gasteiger partial charge in [0.1, 0.15) is 5.75 Å². The van der Waals surface area contributed by atoms with E-state index in [2.05, 4.69) is 47.7 Å². The van der Waals surface area contributed by atoms with Crippen LogP contribution in [0.25, 0.3) is 0 Å². The molecule has 0 aliphatic carbocycles. The molecule has 0 aromatic heterocycles. The average Bonchev–Trinajstić information content (AvgIpc) is 2.88. The fraction of sp³-hybridized carbons (Fsp3) is 0.222. The summed E-state index contributed by atoms with van der Waals surface area (Å²) in [6.07, 6.45) is 2.29. The van der Waals surface area contributed by atoms with E-state index in [1.54, 1.807) is 54.6 Å². The van der Waals surface area contributed by atoms with E-state index in [9.17, 15) is 9.59 Å². The van der Waals surface area contributed by atoms with Gasteiger partial charge < -0.3 is 19.5 Å². The molecule has 200 valence electrons. The van der Waals surface area contributed by atoms with Crippen LogP contribution in [0.4, 0.5) is 5.69 Å². The van der Waals surface area contributed by atoms with Gasteiger partial charge in [-0.1, -0.05) is 34.5 Å². The fourth-order valence-corrected chi connectivity index (χ4v) is 4.67. The lowest BCUT2D eigenvalue weighted by atomic mass is 10.2. The van der Waals surface area contributed by atoms with Gasteiger partial charge in [-0.25, -0.2) is 5.43 Å². The number of benzene rings is 3. The molecule has 0 saturated heterocycles. The minimum absolute atomic E-state index is 0.247. The van der Waals surface area contributed by atoms with Gasteiger partial charge in [0, 0.05) is 26.3 Å². The number of ether oxygens (including phenoxy) is 3. The Morgan fingerprint density at radius 1 is 0.974 bits per heavy atom. The number of nitrogens with zero attached hydrogens (tertiary/aromatic N) is 1. The Morgan fingerprint density at radius 3 is 2.45 bits per heavy atom. The van der Waals surface area contributed by atoms with Gasteiger partial charge in [0.25, 0.3) is 11.8 Å². The molecule has 0 heterocycles. The van der Waals surface area contributed by atoms with Crippen LogP contribution < -0.4 is 25.0 Å². The maximum absolute atomic E-state index is 12.7. The van der Waals surface area contributed by atoms with Crippen molar-refractivity contribution >= 4 is 67.2 Å². The van der Waals surface area contributed by atoms with Crippen molar-refractivity contribution in [1.82, 2.24) is 5.43 Å². The first kappa shape index (κ1) is 29.5. The summed E-state index contributed by atoms with van der Waals surface area (Å²) in [7, 11) is 0. The summed E-state index contributed by atoms with van der Waals surface area (Å²) in [4.78, 5) is 25.1. The Hall–Kier alpha value is -3.08. The molecule has 3 rings (SSSR count). The first-order valence-electron chi connectivity index (χ1n) is 11.7. The third kappa shape index (κ3) is 8.75. The third-order valence-electron chi connectivity index (χ3n) is 4.85. The van der Waals surface area contributed by atoms with E-state index in [1.165, 1.54) is 6.21 Å². The molecule has 0 aliphatic heterocycles. The summed E-state index contributed by atoms with van der Waals surface area (Å²) in [5.74, 6) is 0.669. The smallest absolute Gasteiger partial charge is 0.271 e. The normalized spacial score (nSPS) is 10.8. The van der Waals surface area contributed by atoms with E-state index >= 15 is 0 Å². The summed E-state index contributed by atoms with van der Waals surface area (Å²) in [6, 6.07) is 15.2. The van der Waals surface area contributed by atoms with Crippen LogP contribution in [0.5, 0.6) is 17.2 Å². The molecular weight excluding hydrogens is 642 g/mol. The van der Waals surface area contributed by atoms with Crippen LogP contribution in [0.15, 0.2) is 68.6 Å². The molecular formula is C27H26Br2ClN3O5. The molecule has 0 unspecified atom stereocenters. The molecule has 38 heavy (non-hydrogen) atoms. The van der Waals surface area contributed by atoms with Gasteiger partial charge in [-0.2, -0.15) is 5.10 Å². The number of anilines is 1. The maximum Gasteiger partial charge on any atom is 0.271 e. The van der Waals surface area contributed by atoms with E-state index in [-0.39, 0.29) is 12.5 Å². The van der Waals surface area contributed by atoms with Crippen LogP contribution in [-0.4, -0.2) is 37.8 Å². The minimum atomic E-state index is -0.428. The number of nitrogens with one attached hydrogen (secondary N) is 2. The standard InChI is InChI=1S/C27H26Br2ClN3O5/c1-3-11-37-23-10-5-17(13-24(23)36-4-2)27(35)33-31-15-18-12-19(28)14-22(29)26(18)38-16-25(34)32-21-8-6-20(30)7-9-21/h5-10,12-15H,3-4,11,16H2,1-2H3,(H,32,34)(H,33,35)/b31-15+. The van der Waals surface area contributed by atoms with Crippen LogP contribution in [-0.2, 0) is 4.79 Å². The summed E-state index contributed by atoms with van der Waals surface area (Å²) >= 11 is 12.8. The van der Waals surface area contributed by atoms with Crippen molar-refractivity contribution in [1.29, 1.82) is 0 Å². The highest BCUT2D eigenvalue weighted by Gasteiger charge is 2.14. The topological polar surface area (TPSA) is 98.3 Å². The maximum atomic E-state index is 12.7. The molecule has 3 aromatic rings. The van der Waals surface area contributed by atoms with E-state index in [0.29, 0.717) is 56.8 Å². The second-order valence-corrected chi connectivity index (χ2v) is 10.00. The largest absolute Gasteiger partial charge is 0.490 e. The van der Waals surface area contributed by atoms with Crippen LogP contribution in [0.3, 0.4) is 0 Å². The number of hydrogen-bond acceptors (Lipinski definition) is 6. The quantitative estimate of drug-likeness (QED) is 0.163. The zero-order valence-electron chi connectivity index (χ0n) is 20.7. The predicted molar refractivity (Wildman–Crippen MR) is 156 cm³/mol. The molecule has 0 bridgehead atoms. The first-order chi connectivity index (χ1) is 18.3. The zero-order valence-corrected chi connectivity index (χ0v) is 24.7. The highest BCUT2D eigenvalue weighted by atomic mass is 79.9. The summed E-state index contributed by atoms with van der Waals surface area (Å²) in [5, 5.41) is 7.39. The molecule has 0 fully saturated rings. The van der Waals surface area contributed by atoms with Gasteiger partial charge in [-0.3, -0.25) is 9.59 Å². The zero-order chi connectivity index (χ0) is 27.5. The Morgan fingerprint density at radius 2 is 1.74 bits per heavy atom. The fourth-order valence-electron chi connectivity index (χ4n) is 3.17. The monoisotopic (exact) mass is 665 g/mol. The second kappa shape index (κ2) is 14.8. The Bertz CT molecular complexity index is 1300. The van der Waals surface area contributed by atoms with Gasteiger partial charge in [-0.05, 0) is 83.9 Å². The summed E-state index contributed by atoms with van der Waals surface area (Å²) < 4.78 is 18.4.